The van der Waals surface area contributed by atoms with Gasteiger partial charge < -0.3 is 20.3 Å². The Hall–Kier alpha value is -2.67. The average molecular weight is 356 g/mol. The Balaban J connectivity index is 0.00000261. The van der Waals surface area contributed by atoms with Crippen LogP contribution in [-0.4, -0.2) is 60.4 Å². The van der Waals surface area contributed by atoms with Gasteiger partial charge in [0.05, 0.1) is 18.5 Å². The summed E-state index contributed by atoms with van der Waals surface area (Å²) in [6, 6.07) is 7.60. The minimum Gasteiger partial charge on any atom is -0.497 e. The van der Waals surface area contributed by atoms with Gasteiger partial charge >= 0.3 is 0 Å². The average Bonchev–Trinajstić information content (AvgIpc) is 2.67. The second-order valence-electron chi connectivity index (χ2n) is 6.61. The normalized spacial score (nSPS) is 18.0. The molecule has 1 fully saturated rings. The van der Waals surface area contributed by atoms with E-state index in [-0.39, 0.29) is 7.14 Å². The Morgan fingerprint density at radius 3 is 2.88 bits per heavy atom. The largest absolute Gasteiger partial charge is 0.497 e. The lowest BCUT2D eigenvalue weighted by molar-refractivity contribution is 0.263. The fraction of sp³-hybridized carbons (Fsp3) is 0.421. The molecular formula is C19H28N6O. The molecule has 1 aliphatic rings. The summed E-state index contributed by atoms with van der Waals surface area (Å²) in [6.07, 6.45) is 2.57. The number of ether oxygens (including phenoxy) is 1. The molecule has 2 aromatic rings. The van der Waals surface area contributed by atoms with Crippen LogP contribution in [0.25, 0.3) is 0 Å². The summed E-state index contributed by atoms with van der Waals surface area (Å²) in [6.45, 7) is 5.12. The molecule has 3 rings (SSSR count). The van der Waals surface area contributed by atoms with Crippen LogP contribution in [0.4, 0.5) is 11.5 Å². The molecule has 1 saturated heterocycles. The van der Waals surface area contributed by atoms with Crippen LogP contribution in [0, 0.1) is 5.41 Å². The highest BCUT2D eigenvalue weighted by molar-refractivity contribution is 6.13. The van der Waals surface area contributed by atoms with E-state index >= 15 is 0 Å². The topological polar surface area (TPSA) is 91.4 Å². The molecule has 0 bridgehead atoms. The number of nitrogens with zero attached hydrogens (tertiary/aromatic N) is 4. The highest BCUT2D eigenvalue weighted by Crippen LogP contribution is 2.24. The van der Waals surface area contributed by atoms with E-state index in [0.29, 0.717) is 28.7 Å². The van der Waals surface area contributed by atoms with E-state index in [1.165, 1.54) is 6.33 Å². The number of anilines is 2. The van der Waals surface area contributed by atoms with E-state index in [1.54, 1.807) is 25.3 Å². The molecule has 0 spiro atoms. The predicted molar refractivity (Wildman–Crippen MR) is 106 cm³/mol. The third-order valence-electron chi connectivity index (χ3n) is 4.89. The zero-order valence-electron chi connectivity index (χ0n) is 15.6. The lowest BCUT2D eigenvalue weighted by atomic mass is 10.0. The zero-order valence-corrected chi connectivity index (χ0v) is 15.6. The first kappa shape index (κ1) is 18.1. The smallest absolute Gasteiger partial charge is 0.132 e. The van der Waals surface area contributed by atoms with Gasteiger partial charge in [-0.1, -0.05) is 6.92 Å². The molecule has 7 heteroatoms. The summed E-state index contributed by atoms with van der Waals surface area (Å²) in [5, 5.41) is 8.57. The Morgan fingerprint density at radius 2 is 2.15 bits per heavy atom. The second-order valence-corrected chi connectivity index (χ2v) is 6.61. The first-order chi connectivity index (χ1) is 12.5. The van der Waals surface area contributed by atoms with Gasteiger partial charge in [0.15, 0.2) is 0 Å². The van der Waals surface area contributed by atoms with E-state index in [9.17, 15) is 0 Å². The number of methoxy groups -OCH3 is 1. The summed E-state index contributed by atoms with van der Waals surface area (Å²) < 4.78 is 5.26. The highest BCUT2D eigenvalue weighted by Gasteiger charge is 2.25. The van der Waals surface area contributed by atoms with Gasteiger partial charge in [-0.2, -0.15) is 0 Å². The second kappa shape index (κ2) is 7.70. The molecule has 26 heavy (non-hydrogen) atoms. The predicted octanol–water partition coefficient (Wildman–Crippen LogP) is 2.26. The molecule has 140 valence electrons. The number of nitrogens with one attached hydrogen (secondary N) is 1. The number of piperazine rings is 1. The van der Waals surface area contributed by atoms with Gasteiger partial charge in [0.1, 0.15) is 17.9 Å². The molecule has 0 aliphatic carbocycles. The number of likely N-dealkylation sites (N-methyl/N-ethyl adjacent to an activating group) is 1. The van der Waals surface area contributed by atoms with Crippen LogP contribution in [0.1, 0.15) is 26.0 Å². The minimum absolute atomic E-state index is 0. The molecule has 0 unspecified atom stereocenters. The van der Waals surface area contributed by atoms with Crippen molar-refractivity contribution in [1.82, 2.24) is 14.9 Å². The molecule has 1 atom stereocenters. The first-order valence-corrected chi connectivity index (χ1v) is 8.83. The van der Waals surface area contributed by atoms with E-state index in [1.807, 2.05) is 6.07 Å². The maximum atomic E-state index is 8.57. The maximum Gasteiger partial charge on any atom is 0.132 e. The van der Waals surface area contributed by atoms with Crippen LogP contribution in [-0.2, 0) is 0 Å². The van der Waals surface area contributed by atoms with Crippen LogP contribution in [0.2, 0.25) is 0 Å². The Bertz CT molecular complexity index is 800. The molecule has 7 nitrogen and oxygen atoms in total. The summed E-state index contributed by atoms with van der Waals surface area (Å²) in [7, 11) is 3.74. The van der Waals surface area contributed by atoms with Crippen LogP contribution < -0.4 is 15.4 Å². The third kappa shape index (κ3) is 3.62. The van der Waals surface area contributed by atoms with Crippen molar-refractivity contribution in [2.75, 3.05) is 44.4 Å². The Kier molecular flexibility index (Phi) is 5.37. The number of rotatable bonds is 5. The van der Waals surface area contributed by atoms with Gasteiger partial charge in [-0.25, -0.2) is 9.97 Å². The quantitative estimate of drug-likeness (QED) is 0.631. The van der Waals surface area contributed by atoms with Gasteiger partial charge in [0.2, 0.25) is 0 Å². The van der Waals surface area contributed by atoms with Crippen molar-refractivity contribution in [2.24, 2.45) is 0 Å². The number of hydrogen-bond acceptors (Lipinski definition) is 7. The van der Waals surface area contributed by atoms with Crippen LogP contribution in [0.5, 0.6) is 5.75 Å². The van der Waals surface area contributed by atoms with Crippen LogP contribution >= 0.6 is 0 Å². The Labute approximate surface area is 155 Å². The van der Waals surface area contributed by atoms with Gasteiger partial charge in [-0.15, -0.1) is 0 Å². The lowest BCUT2D eigenvalue weighted by Gasteiger charge is -2.40. The zero-order chi connectivity index (χ0) is 18.7. The molecule has 1 aliphatic heterocycles. The fourth-order valence-electron chi connectivity index (χ4n) is 3.32. The monoisotopic (exact) mass is 356 g/mol. The molecule has 1 aromatic carbocycles. The summed E-state index contributed by atoms with van der Waals surface area (Å²) >= 11 is 0. The highest BCUT2D eigenvalue weighted by atomic mass is 16.5. The molecule has 2 heterocycles. The fourth-order valence-corrected chi connectivity index (χ4v) is 3.32. The standard InChI is InChI=1S/C19H26N6O.H2/c1-4-13-11-24(2)7-8-25(13)18-10-17(22-12-23-18)19(21)15-9-14(26-3)5-6-16(15)20;/h5-6,9-10,12-13,21H,4,7-8,11,20H2,1-3H3;1H/t13-;/m0./s1. The van der Waals surface area contributed by atoms with Crippen LogP contribution in [0.3, 0.4) is 0 Å². The van der Waals surface area contributed by atoms with Gasteiger partial charge in [-0.3, -0.25) is 5.41 Å². The molecule has 3 N–H and O–H groups in total. The number of nitrogens with two attached hydrogens (primary N) is 1. The lowest BCUT2D eigenvalue weighted by Crippen LogP contribution is -2.52. The van der Waals surface area contributed by atoms with Gasteiger partial charge in [-0.05, 0) is 31.7 Å². The summed E-state index contributed by atoms with van der Waals surface area (Å²) in [4.78, 5) is 13.4. The van der Waals surface area contributed by atoms with Crippen molar-refractivity contribution < 1.29 is 6.16 Å². The van der Waals surface area contributed by atoms with E-state index in [4.69, 9.17) is 15.9 Å². The number of aromatic nitrogens is 2. The van der Waals surface area contributed by atoms with Gasteiger partial charge in [0.25, 0.3) is 0 Å². The summed E-state index contributed by atoms with van der Waals surface area (Å²) in [5.74, 6) is 1.53. The minimum atomic E-state index is 0. The van der Waals surface area contributed by atoms with Crippen LogP contribution in [0.15, 0.2) is 30.6 Å². The molecule has 0 radical (unpaired) electrons. The van der Waals surface area contributed by atoms with Crippen molar-refractivity contribution in [3.8, 4) is 5.75 Å². The third-order valence-corrected chi connectivity index (χ3v) is 4.89. The number of hydrogen-bond donors (Lipinski definition) is 2. The number of benzene rings is 1. The Morgan fingerprint density at radius 1 is 1.35 bits per heavy atom. The van der Waals surface area contributed by atoms with Crippen molar-refractivity contribution in [3.63, 3.8) is 0 Å². The summed E-state index contributed by atoms with van der Waals surface area (Å²) in [5.41, 5.74) is 8.04. The van der Waals surface area contributed by atoms with E-state index in [0.717, 1.165) is 31.9 Å². The van der Waals surface area contributed by atoms with E-state index < -0.39 is 0 Å². The first-order valence-electron chi connectivity index (χ1n) is 8.83. The van der Waals surface area contributed by atoms with Crippen molar-refractivity contribution in [2.45, 2.75) is 19.4 Å². The molecule has 1 aromatic heterocycles. The van der Waals surface area contributed by atoms with Gasteiger partial charge in [0, 0.05) is 44.4 Å². The van der Waals surface area contributed by atoms with Crippen molar-refractivity contribution >= 4 is 17.2 Å². The van der Waals surface area contributed by atoms with Crippen molar-refractivity contribution in [3.05, 3.63) is 41.9 Å². The SMILES string of the molecule is CC[C@H]1CN(C)CCN1c1cc(C(=N)c2cc(OC)ccc2N)ncn1.[HH]. The van der Waals surface area contributed by atoms with E-state index in [2.05, 4.69) is 33.7 Å². The maximum absolute atomic E-state index is 8.57. The molecular weight excluding hydrogens is 328 g/mol. The number of nitrogen functional groups attached to an aromatic ring is 1. The van der Waals surface area contributed by atoms with Crippen molar-refractivity contribution in [1.29, 1.82) is 5.41 Å². The molecule has 0 saturated carbocycles. The molecule has 0 amide bonds.